The zero-order chi connectivity index (χ0) is 15.4. The van der Waals surface area contributed by atoms with Crippen LogP contribution < -0.4 is 4.74 Å². The fraction of sp³-hybridized carbons (Fsp3) is 0.278. The SMILES string of the molecule is CCOCOC1Oc2ccccc2C(=O)C1c1ccccc1. The number of hydrogen-bond acceptors (Lipinski definition) is 4. The summed E-state index contributed by atoms with van der Waals surface area (Å²) in [6.07, 6.45) is -0.684. The monoisotopic (exact) mass is 298 g/mol. The second-order valence-electron chi connectivity index (χ2n) is 5.01. The summed E-state index contributed by atoms with van der Waals surface area (Å²) in [6, 6.07) is 16.8. The maximum Gasteiger partial charge on any atom is 0.216 e. The zero-order valence-electron chi connectivity index (χ0n) is 12.4. The fourth-order valence-corrected chi connectivity index (χ4v) is 2.55. The number of ether oxygens (including phenoxy) is 3. The highest BCUT2D eigenvalue weighted by Crippen LogP contribution is 2.36. The molecular weight excluding hydrogens is 280 g/mol. The van der Waals surface area contributed by atoms with Crippen molar-refractivity contribution >= 4 is 5.78 Å². The molecule has 2 unspecified atom stereocenters. The Hall–Kier alpha value is -2.17. The molecule has 2 aromatic carbocycles. The lowest BCUT2D eigenvalue weighted by Crippen LogP contribution is -2.38. The average molecular weight is 298 g/mol. The van der Waals surface area contributed by atoms with Crippen molar-refractivity contribution in [2.24, 2.45) is 0 Å². The van der Waals surface area contributed by atoms with E-state index < -0.39 is 12.2 Å². The lowest BCUT2D eigenvalue weighted by molar-refractivity contribution is -0.162. The normalized spacial score (nSPS) is 20.3. The van der Waals surface area contributed by atoms with Gasteiger partial charge in [-0.25, -0.2) is 0 Å². The second-order valence-corrected chi connectivity index (χ2v) is 5.01. The van der Waals surface area contributed by atoms with Crippen LogP contribution in [0.15, 0.2) is 54.6 Å². The molecule has 0 saturated carbocycles. The smallest absolute Gasteiger partial charge is 0.216 e. The van der Waals surface area contributed by atoms with Crippen LogP contribution >= 0.6 is 0 Å². The molecule has 0 aliphatic carbocycles. The molecule has 22 heavy (non-hydrogen) atoms. The van der Waals surface area contributed by atoms with E-state index in [1.807, 2.05) is 49.4 Å². The minimum absolute atomic E-state index is 0.00884. The third-order valence-corrected chi connectivity index (χ3v) is 3.63. The third kappa shape index (κ3) is 2.89. The molecule has 1 heterocycles. The molecule has 114 valence electrons. The number of Topliss-reactive ketones (excluding diaryl/α,β-unsaturated/α-hetero) is 1. The summed E-state index contributed by atoms with van der Waals surface area (Å²) in [5.74, 6) is 0.0762. The van der Waals surface area contributed by atoms with Crippen LogP contribution in [0.3, 0.4) is 0 Å². The van der Waals surface area contributed by atoms with Gasteiger partial charge in [0.2, 0.25) is 6.29 Å². The molecule has 0 fully saturated rings. The second kappa shape index (κ2) is 6.73. The van der Waals surface area contributed by atoms with Crippen LogP contribution in [0.4, 0.5) is 0 Å². The summed E-state index contributed by atoms with van der Waals surface area (Å²) in [5, 5.41) is 0. The van der Waals surface area contributed by atoms with Crippen LogP contribution in [-0.2, 0) is 9.47 Å². The number of carbonyl (C=O) groups excluding carboxylic acids is 1. The van der Waals surface area contributed by atoms with Crippen molar-refractivity contribution < 1.29 is 19.0 Å². The van der Waals surface area contributed by atoms with Gasteiger partial charge in [-0.15, -0.1) is 0 Å². The maximum absolute atomic E-state index is 12.9. The van der Waals surface area contributed by atoms with E-state index in [1.54, 1.807) is 12.1 Å². The molecule has 1 aliphatic heterocycles. The standard InChI is InChI=1S/C18H18O4/c1-2-20-12-21-18-16(13-8-4-3-5-9-13)17(19)14-10-6-7-11-15(14)22-18/h3-11,16,18H,2,12H2,1H3. The summed E-state index contributed by atoms with van der Waals surface area (Å²) in [5.41, 5.74) is 1.47. The molecule has 0 N–H and O–H groups in total. The molecule has 0 aromatic heterocycles. The van der Waals surface area contributed by atoms with Crippen molar-refractivity contribution in [1.82, 2.24) is 0 Å². The van der Waals surface area contributed by atoms with Crippen LogP contribution in [0.1, 0.15) is 28.8 Å². The first-order valence-corrected chi connectivity index (χ1v) is 7.35. The van der Waals surface area contributed by atoms with Gasteiger partial charge in [0.15, 0.2) is 12.6 Å². The average Bonchev–Trinajstić information content (AvgIpc) is 2.56. The number of hydrogen-bond donors (Lipinski definition) is 0. The van der Waals surface area contributed by atoms with Crippen LogP contribution in [0.25, 0.3) is 0 Å². The molecular formula is C18H18O4. The first kappa shape index (κ1) is 14.8. The van der Waals surface area contributed by atoms with Crippen LogP contribution in [0, 0.1) is 0 Å². The Kier molecular flexibility index (Phi) is 4.51. The van der Waals surface area contributed by atoms with E-state index in [0.29, 0.717) is 17.9 Å². The number of benzene rings is 2. The quantitative estimate of drug-likeness (QED) is 0.627. The van der Waals surface area contributed by atoms with Gasteiger partial charge in [-0.2, -0.15) is 0 Å². The van der Waals surface area contributed by atoms with Crippen molar-refractivity contribution in [1.29, 1.82) is 0 Å². The third-order valence-electron chi connectivity index (χ3n) is 3.63. The lowest BCUT2D eigenvalue weighted by atomic mass is 9.87. The Balaban J connectivity index is 1.94. The Bertz CT molecular complexity index is 639. The molecule has 0 amide bonds. The van der Waals surface area contributed by atoms with Gasteiger partial charge in [0.25, 0.3) is 0 Å². The predicted octanol–water partition coefficient (Wildman–Crippen LogP) is 3.38. The van der Waals surface area contributed by atoms with E-state index in [-0.39, 0.29) is 12.6 Å². The highest BCUT2D eigenvalue weighted by atomic mass is 16.7. The van der Waals surface area contributed by atoms with Crippen LogP contribution in [-0.4, -0.2) is 25.5 Å². The molecule has 0 bridgehead atoms. The van der Waals surface area contributed by atoms with Crippen molar-refractivity contribution in [3.63, 3.8) is 0 Å². The highest BCUT2D eigenvalue weighted by molar-refractivity contribution is 6.04. The maximum atomic E-state index is 12.9. The van der Waals surface area contributed by atoms with E-state index in [0.717, 1.165) is 5.56 Å². The number of carbonyl (C=O) groups is 1. The molecule has 2 atom stereocenters. The van der Waals surface area contributed by atoms with Crippen molar-refractivity contribution in [2.75, 3.05) is 13.4 Å². The van der Waals surface area contributed by atoms with Gasteiger partial charge in [0.1, 0.15) is 11.7 Å². The summed E-state index contributed by atoms with van der Waals surface area (Å²) in [7, 11) is 0. The van der Waals surface area contributed by atoms with Gasteiger partial charge in [-0.1, -0.05) is 42.5 Å². The fourth-order valence-electron chi connectivity index (χ4n) is 2.55. The molecule has 0 saturated heterocycles. The van der Waals surface area contributed by atoms with Crippen molar-refractivity contribution in [2.45, 2.75) is 19.1 Å². The van der Waals surface area contributed by atoms with Gasteiger partial charge in [0, 0.05) is 6.61 Å². The molecule has 2 aromatic rings. The number of fused-ring (bicyclic) bond motifs is 1. The minimum atomic E-state index is -0.684. The summed E-state index contributed by atoms with van der Waals surface area (Å²) in [4.78, 5) is 12.9. The Morgan fingerprint density at radius 1 is 1.05 bits per heavy atom. The Morgan fingerprint density at radius 2 is 1.77 bits per heavy atom. The van der Waals surface area contributed by atoms with Gasteiger partial charge < -0.3 is 14.2 Å². The molecule has 0 spiro atoms. The summed E-state index contributed by atoms with van der Waals surface area (Å²) < 4.78 is 16.8. The van der Waals surface area contributed by atoms with Crippen molar-refractivity contribution in [3.8, 4) is 5.75 Å². The molecule has 4 nitrogen and oxygen atoms in total. The van der Waals surface area contributed by atoms with E-state index in [9.17, 15) is 4.79 Å². The first-order valence-electron chi connectivity index (χ1n) is 7.35. The Labute approximate surface area is 129 Å². The molecule has 0 radical (unpaired) electrons. The topological polar surface area (TPSA) is 44.8 Å². The van der Waals surface area contributed by atoms with Crippen LogP contribution in [0.2, 0.25) is 0 Å². The van der Waals surface area contributed by atoms with Crippen LogP contribution in [0.5, 0.6) is 5.75 Å². The number of ketones is 1. The van der Waals surface area contributed by atoms with Gasteiger partial charge in [-0.05, 0) is 24.6 Å². The Morgan fingerprint density at radius 3 is 2.55 bits per heavy atom. The molecule has 4 heteroatoms. The van der Waals surface area contributed by atoms with E-state index in [1.165, 1.54) is 0 Å². The summed E-state index contributed by atoms with van der Waals surface area (Å²) in [6.45, 7) is 2.54. The summed E-state index contributed by atoms with van der Waals surface area (Å²) >= 11 is 0. The lowest BCUT2D eigenvalue weighted by Gasteiger charge is -2.32. The van der Waals surface area contributed by atoms with E-state index in [2.05, 4.69) is 0 Å². The molecule has 3 rings (SSSR count). The zero-order valence-corrected chi connectivity index (χ0v) is 12.4. The largest absolute Gasteiger partial charge is 0.463 e. The number of rotatable bonds is 5. The van der Waals surface area contributed by atoms with Crippen molar-refractivity contribution in [3.05, 3.63) is 65.7 Å². The molecule has 1 aliphatic rings. The minimum Gasteiger partial charge on any atom is -0.463 e. The number of para-hydroxylation sites is 1. The van der Waals surface area contributed by atoms with Gasteiger partial charge in [0.05, 0.1) is 5.56 Å². The van der Waals surface area contributed by atoms with Gasteiger partial charge in [-0.3, -0.25) is 4.79 Å². The highest BCUT2D eigenvalue weighted by Gasteiger charge is 2.38. The van der Waals surface area contributed by atoms with Gasteiger partial charge >= 0.3 is 0 Å². The van der Waals surface area contributed by atoms with E-state index in [4.69, 9.17) is 14.2 Å². The first-order chi connectivity index (χ1) is 10.8. The predicted molar refractivity (Wildman–Crippen MR) is 81.9 cm³/mol. The van der Waals surface area contributed by atoms with E-state index >= 15 is 0 Å².